The Balaban J connectivity index is 1.75. The highest BCUT2D eigenvalue weighted by Crippen LogP contribution is 2.33. The van der Waals surface area contributed by atoms with Crippen molar-refractivity contribution in [3.05, 3.63) is 46.2 Å². The molecule has 136 valence electrons. The molecule has 0 fully saturated rings. The van der Waals surface area contributed by atoms with Gasteiger partial charge in [0.05, 0.1) is 21.4 Å². The third-order valence-corrected chi connectivity index (χ3v) is 4.53. The summed E-state index contributed by atoms with van der Waals surface area (Å²) in [6.45, 7) is 0. The van der Waals surface area contributed by atoms with Gasteiger partial charge in [-0.1, -0.05) is 35.0 Å². The summed E-state index contributed by atoms with van der Waals surface area (Å²) in [6.07, 6.45) is -2.36. The number of rotatable bonds is 4. The van der Waals surface area contributed by atoms with Crippen molar-refractivity contribution >= 4 is 52.3 Å². The van der Waals surface area contributed by atoms with Gasteiger partial charge in [-0.05, 0) is 18.2 Å². The molecule has 0 aliphatic heterocycles. The van der Waals surface area contributed by atoms with Crippen LogP contribution in [0.4, 0.5) is 19.0 Å². The number of carbonyl (C=O) groups is 1. The lowest BCUT2D eigenvalue weighted by molar-refractivity contribution is -0.137. The minimum Gasteiger partial charge on any atom is -0.310 e. The van der Waals surface area contributed by atoms with Crippen LogP contribution in [0.5, 0.6) is 0 Å². The molecule has 0 atom stereocenters. The van der Waals surface area contributed by atoms with Crippen molar-refractivity contribution in [1.82, 2.24) is 19.6 Å². The number of nitrogens with zero attached hydrogens (tertiary/aromatic N) is 4. The summed E-state index contributed by atoms with van der Waals surface area (Å²) in [7, 11) is 0. The first kappa shape index (κ1) is 18.7. The predicted molar refractivity (Wildman–Crippen MR) is 91.6 cm³/mol. The SMILES string of the molecule is O=C(CSc1nnc2c(Cl)cc(C(F)(F)F)cn12)Nc1ccc(Cl)cn1. The molecule has 0 bridgehead atoms. The first-order chi connectivity index (χ1) is 12.2. The van der Waals surface area contributed by atoms with E-state index in [1.54, 1.807) is 6.07 Å². The number of halogens is 5. The lowest BCUT2D eigenvalue weighted by Crippen LogP contribution is -2.15. The highest BCUT2D eigenvalue weighted by molar-refractivity contribution is 7.99. The Labute approximate surface area is 158 Å². The quantitative estimate of drug-likeness (QED) is 0.639. The number of hydrogen-bond donors (Lipinski definition) is 1. The van der Waals surface area contributed by atoms with E-state index in [4.69, 9.17) is 23.2 Å². The number of fused-ring (bicyclic) bond motifs is 1. The summed E-state index contributed by atoms with van der Waals surface area (Å²) in [4.78, 5) is 15.9. The molecule has 3 heterocycles. The van der Waals surface area contributed by atoms with E-state index < -0.39 is 17.6 Å². The van der Waals surface area contributed by atoms with E-state index in [9.17, 15) is 18.0 Å². The Hall–Kier alpha value is -2.04. The number of nitrogens with one attached hydrogen (secondary N) is 1. The van der Waals surface area contributed by atoms with E-state index in [2.05, 4.69) is 20.5 Å². The second-order valence-corrected chi connectivity index (χ2v) is 6.74. The molecule has 0 saturated heterocycles. The van der Waals surface area contributed by atoms with Crippen LogP contribution >= 0.6 is 35.0 Å². The summed E-state index contributed by atoms with van der Waals surface area (Å²) >= 11 is 12.4. The van der Waals surface area contributed by atoms with Crippen LogP contribution in [0, 0.1) is 0 Å². The van der Waals surface area contributed by atoms with Crippen LogP contribution in [-0.2, 0) is 11.0 Å². The van der Waals surface area contributed by atoms with Crippen molar-refractivity contribution < 1.29 is 18.0 Å². The van der Waals surface area contributed by atoms with Gasteiger partial charge < -0.3 is 5.32 Å². The van der Waals surface area contributed by atoms with Crippen molar-refractivity contribution in [2.75, 3.05) is 11.1 Å². The first-order valence-corrected chi connectivity index (χ1v) is 8.64. The van der Waals surface area contributed by atoms with Gasteiger partial charge in [-0.3, -0.25) is 9.20 Å². The number of carbonyl (C=O) groups excluding carboxylic acids is 1. The van der Waals surface area contributed by atoms with Gasteiger partial charge in [-0.15, -0.1) is 10.2 Å². The molecule has 6 nitrogen and oxygen atoms in total. The first-order valence-electron chi connectivity index (χ1n) is 6.90. The van der Waals surface area contributed by atoms with E-state index in [1.165, 1.54) is 12.3 Å². The molecule has 1 N–H and O–H groups in total. The van der Waals surface area contributed by atoms with Gasteiger partial charge in [0.25, 0.3) is 0 Å². The molecule has 3 aromatic rings. The molecule has 3 rings (SSSR count). The van der Waals surface area contributed by atoms with Gasteiger partial charge in [0.2, 0.25) is 5.91 Å². The molecule has 3 aromatic heterocycles. The van der Waals surface area contributed by atoms with Gasteiger partial charge >= 0.3 is 6.18 Å². The summed E-state index contributed by atoms with van der Waals surface area (Å²) < 4.78 is 39.9. The van der Waals surface area contributed by atoms with Crippen molar-refractivity contribution in [2.45, 2.75) is 11.3 Å². The van der Waals surface area contributed by atoms with Gasteiger partial charge in [-0.2, -0.15) is 13.2 Å². The normalized spacial score (nSPS) is 11.7. The highest BCUT2D eigenvalue weighted by atomic mass is 35.5. The molecule has 0 unspecified atom stereocenters. The molecule has 1 amide bonds. The minimum absolute atomic E-state index is 0.0712. The number of amides is 1. The average Bonchev–Trinajstić information content (AvgIpc) is 2.98. The Morgan fingerprint density at radius 1 is 1.27 bits per heavy atom. The standard InChI is InChI=1S/C14H8Cl2F3N5OS/c15-8-1-2-10(20-4-8)21-11(25)6-26-13-23-22-12-9(16)3-7(5-24(12)13)14(17,18)19/h1-5H,6H2,(H,20,21,25). The molecular formula is C14H8Cl2F3N5OS. The van der Waals surface area contributed by atoms with Crippen LogP contribution in [0.15, 0.2) is 35.7 Å². The maximum absolute atomic E-state index is 12.9. The fourth-order valence-corrected chi connectivity index (χ4v) is 3.01. The van der Waals surface area contributed by atoms with Crippen LogP contribution in [0.25, 0.3) is 5.65 Å². The van der Waals surface area contributed by atoms with Crippen molar-refractivity contribution in [2.24, 2.45) is 0 Å². The molecule has 12 heteroatoms. The van der Waals surface area contributed by atoms with E-state index in [1.807, 2.05) is 0 Å². The van der Waals surface area contributed by atoms with E-state index in [-0.39, 0.29) is 21.6 Å². The van der Waals surface area contributed by atoms with Crippen molar-refractivity contribution in [3.8, 4) is 0 Å². The van der Waals surface area contributed by atoms with Crippen molar-refractivity contribution in [3.63, 3.8) is 0 Å². The number of hydrogen-bond acceptors (Lipinski definition) is 5. The van der Waals surface area contributed by atoms with E-state index >= 15 is 0 Å². The third kappa shape index (κ3) is 4.19. The highest BCUT2D eigenvalue weighted by Gasteiger charge is 2.32. The van der Waals surface area contributed by atoms with Crippen LogP contribution < -0.4 is 5.32 Å². The number of alkyl halides is 3. The smallest absolute Gasteiger partial charge is 0.310 e. The average molecular weight is 422 g/mol. The number of aromatic nitrogens is 4. The fraction of sp³-hybridized carbons (Fsp3) is 0.143. The zero-order valence-corrected chi connectivity index (χ0v) is 14.9. The van der Waals surface area contributed by atoms with Crippen LogP contribution in [-0.4, -0.2) is 31.2 Å². The molecule has 0 aliphatic carbocycles. The topological polar surface area (TPSA) is 72.2 Å². The molecule has 0 saturated carbocycles. The summed E-state index contributed by atoms with van der Waals surface area (Å²) in [5, 5.41) is 10.4. The Morgan fingerprint density at radius 2 is 2.04 bits per heavy atom. The molecule has 26 heavy (non-hydrogen) atoms. The maximum atomic E-state index is 12.9. The van der Waals surface area contributed by atoms with Gasteiger partial charge in [-0.25, -0.2) is 4.98 Å². The Morgan fingerprint density at radius 3 is 2.69 bits per heavy atom. The molecular weight excluding hydrogens is 414 g/mol. The molecule has 0 aromatic carbocycles. The van der Waals surface area contributed by atoms with E-state index in [0.717, 1.165) is 28.4 Å². The maximum Gasteiger partial charge on any atom is 0.417 e. The largest absolute Gasteiger partial charge is 0.417 e. The lowest BCUT2D eigenvalue weighted by atomic mass is 10.3. The third-order valence-electron chi connectivity index (χ3n) is 3.08. The zero-order valence-electron chi connectivity index (χ0n) is 12.6. The summed E-state index contributed by atoms with van der Waals surface area (Å²) in [5.41, 5.74) is -0.867. The van der Waals surface area contributed by atoms with Gasteiger partial charge in [0.1, 0.15) is 5.82 Å². The predicted octanol–water partition coefficient (Wildman–Crippen LogP) is 4.18. The Bertz CT molecular complexity index is 962. The zero-order chi connectivity index (χ0) is 18.9. The number of thioether (sulfide) groups is 1. The summed E-state index contributed by atoms with van der Waals surface area (Å²) in [5.74, 6) is -0.230. The van der Waals surface area contributed by atoms with Crippen LogP contribution in [0.1, 0.15) is 5.56 Å². The Kier molecular flexibility index (Phi) is 5.26. The molecule has 0 spiro atoms. The van der Waals surface area contributed by atoms with Gasteiger partial charge in [0, 0.05) is 12.4 Å². The summed E-state index contributed by atoms with van der Waals surface area (Å²) in [6, 6.07) is 3.86. The second kappa shape index (κ2) is 7.29. The van der Waals surface area contributed by atoms with E-state index in [0.29, 0.717) is 10.8 Å². The van der Waals surface area contributed by atoms with Crippen LogP contribution in [0.2, 0.25) is 10.0 Å². The minimum atomic E-state index is -4.57. The molecule has 0 radical (unpaired) electrons. The molecule has 0 aliphatic rings. The lowest BCUT2D eigenvalue weighted by Gasteiger charge is -2.08. The number of pyridine rings is 2. The van der Waals surface area contributed by atoms with Gasteiger partial charge in [0.15, 0.2) is 10.8 Å². The van der Waals surface area contributed by atoms with Crippen LogP contribution in [0.3, 0.4) is 0 Å². The fourth-order valence-electron chi connectivity index (χ4n) is 1.95. The second-order valence-electron chi connectivity index (χ2n) is 4.95. The van der Waals surface area contributed by atoms with Crippen molar-refractivity contribution in [1.29, 1.82) is 0 Å². The monoisotopic (exact) mass is 421 g/mol. The number of anilines is 1.